The zero-order valence-corrected chi connectivity index (χ0v) is 8.06. The standard InChI is InChI=1S/C10H18O2/c1-4-10(7-12-8-10)6-11-5-9(2)3/h2,4-8H2,1,3H3. The SMILES string of the molecule is C=C(C)COCC1(CC)COC1. The predicted octanol–water partition coefficient (Wildman–Crippen LogP) is 2.01. The molecule has 0 spiro atoms. The summed E-state index contributed by atoms with van der Waals surface area (Å²) in [6.45, 7) is 11.2. The third-order valence-electron chi connectivity index (χ3n) is 2.32. The zero-order valence-electron chi connectivity index (χ0n) is 8.06. The van der Waals surface area contributed by atoms with Crippen LogP contribution in [0.15, 0.2) is 12.2 Å². The Balaban J connectivity index is 2.16. The number of hydrogen-bond donors (Lipinski definition) is 0. The summed E-state index contributed by atoms with van der Waals surface area (Å²) in [4.78, 5) is 0. The van der Waals surface area contributed by atoms with Crippen molar-refractivity contribution in [3.63, 3.8) is 0 Å². The van der Waals surface area contributed by atoms with Gasteiger partial charge >= 0.3 is 0 Å². The Kier molecular flexibility index (Phi) is 3.29. The minimum atomic E-state index is 0.315. The first-order valence-corrected chi connectivity index (χ1v) is 4.48. The molecule has 1 aliphatic heterocycles. The molecule has 2 heteroatoms. The summed E-state index contributed by atoms with van der Waals surface area (Å²) in [5.41, 5.74) is 1.40. The Bertz CT molecular complexity index is 154. The van der Waals surface area contributed by atoms with Crippen molar-refractivity contribution in [1.82, 2.24) is 0 Å². The molecule has 0 aliphatic carbocycles. The summed E-state index contributed by atoms with van der Waals surface area (Å²) >= 11 is 0. The summed E-state index contributed by atoms with van der Waals surface area (Å²) < 4.78 is 10.7. The second-order valence-electron chi connectivity index (χ2n) is 3.80. The molecule has 0 atom stereocenters. The molecule has 0 amide bonds. The van der Waals surface area contributed by atoms with E-state index in [2.05, 4.69) is 13.5 Å². The van der Waals surface area contributed by atoms with E-state index in [4.69, 9.17) is 9.47 Å². The third kappa shape index (κ3) is 2.32. The lowest BCUT2D eigenvalue weighted by atomic mass is 9.84. The molecule has 1 fully saturated rings. The second kappa shape index (κ2) is 4.06. The van der Waals surface area contributed by atoms with E-state index in [1.807, 2.05) is 6.92 Å². The highest BCUT2D eigenvalue weighted by atomic mass is 16.5. The third-order valence-corrected chi connectivity index (χ3v) is 2.32. The van der Waals surface area contributed by atoms with Gasteiger partial charge in [-0.2, -0.15) is 0 Å². The van der Waals surface area contributed by atoms with Crippen LogP contribution in [-0.4, -0.2) is 26.4 Å². The fourth-order valence-corrected chi connectivity index (χ4v) is 1.22. The van der Waals surface area contributed by atoms with E-state index in [9.17, 15) is 0 Å². The fraction of sp³-hybridized carbons (Fsp3) is 0.800. The average Bonchev–Trinajstić information content (AvgIpc) is 1.94. The number of ether oxygens (including phenoxy) is 2. The highest BCUT2D eigenvalue weighted by Crippen LogP contribution is 2.31. The van der Waals surface area contributed by atoms with Gasteiger partial charge in [0, 0.05) is 5.41 Å². The van der Waals surface area contributed by atoms with Gasteiger partial charge in [0.05, 0.1) is 26.4 Å². The Morgan fingerprint density at radius 3 is 2.58 bits per heavy atom. The quantitative estimate of drug-likeness (QED) is 0.587. The fourth-order valence-electron chi connectivity index (χ4n) is 1.22. The van der Waals surface area contributed by atoms with Crippen molar-refractivity contribution in [2.24, 2.45) is 5.41 Å². The number of hydrogen-bond acceptors (Lipinski definition) is 2. The maximum Gasteiger partial charge on any atom is 0.0671 e. The van der Waals surface area contributed by atoms with Gasteiger partial charge in [0.2, 0.25) is 0 Å². The van der Waals surface area contributed by atoms with E-state index in [0.29, 0.717) is 12.0 Å². The lowest BCUT2D eigenvalue weighted by Crippen LogP contribution is -2.45. The van der Waals surface area contributed by atoms with Gasteiger partial charge in [0.1, 0.15) is 0 Å². The molecule has 0 bridgehead atoms. The average molecular weight is 170 g/mol. The van der Waals surface area contributed by atoms with Crippen LogP contribution in [-0.2, 0) is 9.47 Å². The van der Waals surface area contributed by atoms with Crippen LogP contribution in [0.3, 0.4) is 0 Å². The molecule has 1 saturated heterocycles. The second-order valence-corrected chi connectivity index (χ2v) is 3.80. The Labute approximate surface area is 74.6 Å². The summed E-state index contributed by atoms with van der Waals surface area (Å²) in [5.74, 6) is 0. The van der Waals surface area contributed by atoms with Crippen LogP contribution < -0.4 is 0 Å². The molecule has 12 heavy (non-hydrogen) atoms. The van der Waals surface area contributed by atoms with Crippen molar-refractivity contribution in [3.8, 4) is 0 Å². The molecule has 0 aromatic carbocycles. The normalized spacial score (nSPS) is 20.2. The van der Waals surface area contributed by atoms with Crippen molar-refractivity contribution in [2.75, 3.05) is 26.4 Å². The highest BCUT2D eigenvalue weighted by molar-refractivity contribution is 4.89. The van der Waals surface area contributed by atoms with E-state index >= 15 is 0 Å². The first-order chi connectivity index (χ1) is 5.68. The minimum Gasteiger partial charge on any atom is -0.380 e. The zero-order chi connectivity index (χ0) is 9.03. The molecule has 0 radical (unpaired) electrons. The van der Waals surface area contributed by atoms with Gasteiger partial charge in [-0.15, -0.1) is 0 Å². The summed E-state index contributed by atoms with van der Waals surface area (Å²) in [5, 5.41) is 0. The molecule has 0 saturated carbocycles. The van der Waals surface area contributed by atoms with Gasteiger partial charge in [-0.3, -0.25) is 0 Å². The first kappa shape index (κ1) is 9.75. The lowest BCUT2D eigenvalue weighted by Gasteiger charge is -2.40. The van der Waals surface area contributed by atoms with Gasteiger partial charge in [-0.1, -0.05) is 19.1 Å². The van der Waals surface area contributed by atoms with E-state index in [1.165, 1.54) is 0 Å². The van der Waals surface area contributed by atoms with Crippen molar-refractivity contribution in [3.05, 3.63) is 12.2 Å². The van der Waals surface area contributed by atoms with Gasteiger partial charge in [0.25, 0.3) is 0 Å². The predicted molar refractivity (Wildman–Crippen MR) is 49.2 cm³/mol. The van der Waals surface area contributed by atoms with Gasteiger partial charge in [-0.25, -0.2) is 0 Å². The van der Waals surface area contributed by atoms with Crippen molar-refractivity contribution < 1.29 is 9.47 Å². The molecule has 1 aliphatic rings. The van der Waals surface area contributed by atoms with Gasteiger partial charge in [-0.05, 0) is 13.3 Å². The van der Waals surface area contributed by atoms with Crippen molar-refractivity contribution >= 4 is 0 Å². The van der Waals surface area contributed by atoms with Crippen LogP contribution >= 0.6 is 0 Å². The monoisotopic (exact) mass is 170 g/mol. The molecule has 0 N–H and O–H groups in total. The van der Waals surface area contributed by atoms with Gasteiger partial charge in [0.15, 0.2) is 0 Å². The van der Waals surface area contributed by atoms with Crippen molar-refractivity contribution in [2.45, 2.75) is 20.3 Å². The van der Waals surface area contributed by atoms with Crippen LogP contribution in [0.5, 0.6) is 0 Å². The number of rotatable bonds is 5. The maximum absolute atomic E-state index is 5.51. The van der Waals surface area contributed by atoms with Crippen LogP contribution in [0, 0.1) is 5.41 Å². The molecule has 0 aromatic rings. The molecule has 0 unspecified atom stereocenters. The maximum atomic E-state index is 5.51. The van der Waals surface area contributed by atoms with Crippen LogP contribution in [0.25, 0.3) is 0 Å². The molecule has 1 heterocycles. The van der Waals surface area contributed by atoms with Crippen molar-refractivity contribution in [1.29, 1.82) is 0 Å². The Morgan fingerprint density at radius 2 is 2.25 bits per heavy atom. The molecule has 2 nitrogen and oxygen atoms in total. The van der Waals surface area contributed by atoms with Gasteiger partial charge < -0.3 is 9.47 Å². The summed E-state index contributed by atoms with van der Waals surface area (Å²) in [7, 11) is 0. The smallest absolute Gasteiger partial charge is 0.0671 e. The summed E-state index contributed by atoms with van der Waals surface area (Å²) in [6.07, 6.45) is 1.14. The van der Waals surface area contributed by atoms with E-state index < -0.39 is 0 Å². The molecular formula is C10H18O2. The van der Waals surface area contributed by atoms with E-state index in [1.54, 1.807) is 0 Å². The Hall–Kier alpha value is -0.340. The Morgan fingerprint density at radius 1 is 1.58 bits per heavy atom. The van der Waals surface area contributed by atoms with Crippen LogP contribution in [0.2, 0.25) is 0 Å². The lowest BCUT2D eigenvalue weighted by molar-refractivity contribution is -0.148. The van der Waals surface area contributed by atoms with Crippen LogP contribution in [0.4, 0.5) is 0 Å². The van der Waals surface area contributed by atoms with Crippen LogP contribution in [0.1, 0.15) is 20.3 Å². The first-order valence-electron chi connectivity index (χ1n) is 4.48. The minimum absolute atomic E-state index is 0.315. The molecular weight excluding hydrogens is 152 g/mol. The highest BCUT2D eigenvalue weighted by Gasteiger charge is 2.36. The van der Waals surface area contributed by atoms with E-state index in [-0.39, 0.29) is 0 Å². The van der Waals surface area contributed by atoms with E-state index in [0.717, 1.165) is 31.8 Å². The largest absolute Gasteiger partial charge is 0.380 e. The summed E-state index contributed by atoms with van der Waals surface area (Å²) in [6, 6.07) is 0. The molecule has 1 rings (SSSR count). The topological polar surface area (TPSA) is 18.5 Å². The molecule has 70 valence electrons. The molecule has 0 aromatic heterocycles.